The maximum Gasteiger partial charge on any atom is 0.463 e. The number of rotatable bonds is 6. The highest BCUT2D eigenvalue weighted by atomic mass is 19.4. The lowest BCUT2D eigenvalue weighted by Crippen LogP contribution is -2.45. The van der Waals surface area contributed by atoms with Crippen molar-refractivity contribution in [3.8, 4) is 17.3 Å². The Labute approximate surface area is 234 Å². The average Bonchev–Trinajstić information content (AvgIpc) is 3.58. The Morgan fingerprint density at radius 1 is 1.05 bits per heavy atom. The Balaban J connectivity index is 1.54. The van der Waals surface area contributed by atoms with E-state index < -0.39 is 77.9 Å². The van der Waals surface area contributed by atoms with Crippen molar-refractivity contribution >= 4 is 11.8 Å². The predicted molar refractivity (Wildman–Crippen MR) is 129 cm³/mol. The Hall–Kier alpha value is -3.67. The molecule has 3 aliphatic rings. The van der Waals surface area contributed by atoms with E-state index in [1.165, 1.54) is 29.2 Å². The first-order valence-corrected chi connectivity index (χ1v) is 13.2. The van der Waals surface area contributed by atoms with Gasteiger partial charge in [0.15, 0.2) is 0 Å². The van der Waals surface area contributed by atoms with Crippen LogP contribution in [0.5, 0.6) is 0 Å². The molecule has 5 rings (SSSR count). The molecular weight excluding hydrogens is 577 g/mol. The van der Waals surface area contributed by atoms with E-state index in [2.05, 4.69) is 10.3 Å². The predicted octanol–water partition coefficient (Wildman–Crippen LogP) is 5.16. The largest absolute Gasteiger partial charge is 0.463 e. The van der Waals surface area contributed by atoms with Crippen LogP contribution in [0.2, 0.25) is 0 Å². The lowest BCUT2D eigenvalue weighted by Gasteiger charge is -2.34. The molecule has 8 nitrogen and oxygen atoms in total. The highest BCUT2D eigenvalue weighted by molar-refractivity contribution is 5.94. The van der Waals surface area contributed by atoms with Crippen molar-refractivity contribution in [1.29, 1.82) is 5.26 Å². The third-order valence-corrected chi connectivity index (χ3v) is 7.81. The van der Waals surface area contributed by atoms with E-state index in [1.807, 2.05) is 6.07 Å². The summed E-state index contributed by atoms with van der Waals surface area (Å²) in [7, 11) is 0. The zero-order chi connectivity index (χ0) is 30.5. The lowest BCUT2D eigenvalue weighted by molar-refractivity contribution is -0.297. The summed E-state index contributed by atoms with van der Waals surface area (Å²) in [6.45, 7) is 1.36. The van der Waals surface area contributed by atoms with Gasteiger partial charge in [-0.15, -0.1) is 0 Å². The van der Waals surface area contributed by atoms with Crippen LogP contribution in [0.1, 0.15) is 60.0 Å². The van der Waals surface area contributed by atoms with Gasteiger partial charge in [-0.2, -0.15) is 27.2 Å². The molecule has 3 fully saturated rings. The first kappa shape index (κ1) is 29.8. The van der Waals surface area contributed by atoms with Crippen LogP contribution in [0.3, 0.4) is 0 Å². The number of hydrogen-bond donors (Lipinski definition) is 1. The summed E-state index contributed by atoms with van der Waals surface area (Å²) in [4.78, 5) is 30.9. The first-order valence-electron chi connectivity index (χ1n) is 13.2. The van der Waals surface area contributed by atoms with Gasteiger partial charge in [0.2, 0.25) is 11.8 Å². The van der Waals surface area contributed by atoms with Gasteiger partial charge in [-0.05, 0) is 31.4 Å². The normalized spacial score (nSPS) is 23.6. The molecule has 2 saturated carbocycles. The van der Waals surface area contributed by atoms with Crippen LogP contribution < -0.4 is 5.32 Å². The number of benzene rings is 1. The van der Waals surface area contributed by atoms with E-state index in [9.17, 15) is 45.6 Å². The van der Waals surface area contributed by atoms with E-state index >= 15 is 0 Å². The summed E-state index contributed by atoms with van der Waals surface area (Å²) < 4.78 is 108. The molecule has 2 aromatic rings. The Kier molecular flexibility index (Phi) is 7.49. The van der Waals surface area contributed by atoms with Gasteiger partial charge in [0.25, 0.3) is 11.8 Å². The van der Waals surface area contributed by atoms with Crippen molar-refractivity contribution < 1.29 is 49.5 Å². The summed E-state index contributed by atoms with van der Waals surface area (Å²) in [5.41, 5.74) is -1.56. The fraction of sp³-hybridized carbons (Fsp3) is 0.556. The average molecular weight is 603 g/mol. The Morgan fingerprint density at radius 3 is 2.26 bits per heavy atom. The van der Waals surface area contributed by atoms with E-state index in [0.29, 0.717) is 26.3 Å². The minimum atomic E-state index is -6.08. The first-order chi connectivity index (χ1) is 19.7. The van der Waals surface area contributed by atoms with Gasteiger partial charge in [-0.1, -0.05) is 12.1 Å². The smallest absolute Gasteiger partial charge is 0.439 e. The van der Waals surface area contributed by atoms with E-state index in [4.69, 9.17) is 9.15 Å². The monoisotopic (exact) mass is 602 g/mol. The minimum absolute atomic E-state index is 0.0244. The molecule has 0 radical (unpaired) electrons. The number of morpholine rings is 1. The van der Waals surface area contributed by atoms with Crippen LogP contribution in [0.15, 0.2) is 28.7 Å². The quantitative estimate of drug-likeness (QED) is 0.458. The number of nitrogens with zero attached hydrogens (tertiary/aromatic N) is 3. The van der Waals surface area contributed by atoms with Crippen molar-refractivity contribution in [2.75, 3.05) is 26.3 Å². The molecule has 226 valence electrons. The van der Waals surface area contributed by atoms with Gasteiger partial charge in [0, 0.05) is 43.0 Å². The molecule has 1 saturated heterocycles. The molecule has 2 unspecified atom stereocenters. The number of hydrogen-bond acceptors (Lipinski definition) is 6. The number of oxazole rings is 1. The highest BCUT2D eigenvalue weighted by Crippen LogP contribution is 2.51. The van der Waals surface area contributed by atoms with Gasteiger partial charge >= 0.3 is 12.1 Å². The van der Waals surface area contributed by atoms with Crippen molar-refractivity contribution in [3.05, 3.63) is 41.5 Å². The number of nitriles is 1. The standard InChI is InChI=1S/C27H25F7N4O4/c28-25(29)6-5-17(18(13-25)21(39)37-24(14-35)7-8-24)20-19(36-23(42-20)26(30,31)27(32,33)34)15-1-3-16(4-2-15)22(40)38-9-11-41-12-10-38/h1-4,17-18H,5-13H2,(H,37,39). The van der Waals surface area contributed by atoms with Crippen LogP contribution >= 0.6 is 0 Å². The molecule has 2 atom stereocenters. The molecular formula is C27H25F7N4O4. The van der Waals surface area contributed by atoms with Gasteiger partial charge < -0.3 is 19.4 Å². The molecule has 1 N–H and O–H groups in total. The fourth-order valence-corrected chi connectivity index (χ4v) is 5.21. The molecule has 1 aromatic carbocycles. The van der Waals surface area contributed by atoms with Crippen LogP contribution in [-0.2, 0) is 15.5 Å². The van der Waals surface area contributed by atoms with Crippen molar-refractivity contribution in [3.63, 3.8) is 0 Å². The number of halogens is 7. The number of ether oxygens (including phenoxy) is 1. The molecule has 0 spiro atoms. The minimum Gasteiger partial charge on any atom is -0.439 e. The van der Waals surface area contributed by atoms with Crippen LogP contribution in [0, 0.1) is 17.2 Å². The number of carbonyl (C=O) groups is 2. The Morgan fingerprint density at radius 2 is 1.69 bits per heavy atom. The summed E-state index contributed by atoms with van der Waals surface area (Å²) in [6, 6.07) is 7.09. The summed E-state index contributed by atoms with van der Waals surface area (Å²) >= 11 is 0. The van der Waals surface area contributed by atoms with Crippen molar-refractivity contribution in [2.24, 2.45) is 5.92 Å². The van der Waals surface area contributed by atoms with Gasteiger partial charge in [-0.25, -0.2) is 13.8 Å². The topological polar surface area (TPSA) is 108 Å². The molecule has 42 heavy (non-hydrogen) atoms. The number of nitrogens with one attached hydrogen (secondary N) is 1. The third-order valence-electron chi connectivity index (χ3n) is 7.81. The van der Waals surface area contributed by atoms with E-state index in [-0.39, 0.29) is 29.9 Å². The molecule has 2 aliphatic carbocycles. The van der Waals surface area contributed by atoms with Crippen molar-refractivity contribution in [2.45, 2.75) is 61.6 Å². The molecule has 1 aromatic heterocycles. The van der Waals surface area contributed by atoms with Crippen LogP contribution in [0.25, 0.3) is 11.3 Å². The Bertz CT molecular complexity index is 1390. The molecule has 15 heteroatoms. The maximum atomic E-state index is 14.5. The molecule has 1 aliphatic heterocycles. The second-order valence-corrected chi connectivity index (χ2v) is 10.8. The number of amides is 2. The van der Waals surface area contributed by atoms with Crippen molar-refractivity contribution in [1.82, 2.24) is 15.2 Å². The zero-order valence-electron chi connectivity index (χ0n) is 21.9. The summed E-state index contributed by atoms with van der Waals surface area (Å²) in [6.07, 6.45) is -7.83. The number of aromatic nitrogens is 1. The summed E-state index contributed by atoms with van der Waals surface area (Å²) in [5.74, 6) is -15.7. The fourth-order valence-electron chi connectivity index (χ4n) is 5.21. The second kappa shape index (κ2) is 10.6. The maximum absolute atomic E-state index is 14.5. The van der Waals surface area contributed by atoms with E-state index in [1.54, 1.807) is 0 Å². The number of carbonyl (C=O) groups excluding carboxylic acids is 2. The zero-order valence-corrected chi connectivity index (χ0v) is 21.9. The lowest BCUT2D eigenvalue weighted by atomic mass is 9.74. The molecule has 2 heterocycles. The van der Waals surface area contributed by atoms with Crippen LogP contribution in [-0.4, -0.2) is 65.6 Å². The number of alkyl halides is 7. The second-order valence-electron chi connectivity index (χ2n) is 10.8. The van der Waals surface area contributed by atoms with Gasteiger partial charge in [0.1, 0.15) is 17.0 Å². The summed E-state index contributed by atoms with van der Waals surface area (Å²) in [5, 5.41) is 11.8. The van der Waals surface area contributed by atoms with Gasteiger partial charge in [-0.3, -0.25) is 9.59 Å². The molecule has 0 bridgehead atoms. The van der Waals surface area contributed by atoms with Crippen LogP contribution in [0.4, 0.5) is 30.7 Å². The molecule has 2 amide bonds. The third kappa shape index (κ3) is 5.68. The highest BCUT2D eigenvalue weighted by Gasteiger charge is 2.63. The van der Waals surface area contributed by atoms with E-state index in [0.717, 1.165) is 0 Å². The SMILES string of the molecule is N#CC1(NC(=O)C2CC(F)(F)CCC2c2oc(C(F)(F)C(F)(F)F)nc2-c2ccc(C(=O)N3CCOCC3)cc2)CC1. The van der Waals surface area contributed by atoms with Gasteiger partial charge in [0.05, 0.1) is 25.2 Å².